The molecule has 40 heavy (non-hydrogen) atoms. The third kappa shape index (κ3) is 4.51. The Kier molecular flexibility index (Phi) is 7.44. The van der Waals surface area contributed by atoms with Crippen molar-refractivity contribution in [2.24, 2.45) is 51.2 Å². The van der Waals surface area contributed by atoms with Gasteiger partial charge in [0.2, 0.25) is 0 Å². The van der Waals surface area contributed by atoms with Gasteiger partial charge in [0, 0.05) is 16.8 Å². The van der Waals surface area contributed by atoms with E-state index in [4.69, 9.17) is 16.2 Å². The first-order valence-corrected chi connectivity index (χ1v) is 16.1. The Morgan fingerprint density at radius 1 is 0.900 bits per heavy atom. The van der Waals surface area contributed by atoms with Crippen molar-refractivity contribution >= 4 is 17.3 Å². The van der Waals surface area contributed by atoms with E-state index in [0.29, 0.717) is 39.1 Å². The monoisotopic (exact) mass is 548 g/mol. The zero-order valence-electron chi connectivity index (χ0n) is 26.6. The van der Waals surface area contributed by atoms with Crippen LogP contribution in [0.1, 0.15) is 124 Å². The summed E-state index contributed by atoms with van der Waals surface area (Å²) in [7, 11) is 0. The van der Waals surface area contributed by atoms with Crippen molar-refractivity contribution in [2.75, 3.05) is 11.5 Å². The summed E-state index contributed by atoms with van der Waals surface area (Å²) in [5.41, 5.74) is 15.9. The normalized spacial score (nSPS) is 40.8. The maximum atomic E-state index is 13.2. The minimum atomic E-state index is -0.297. The first-order valence-electron chi connectivity index (χ1n) is 16.1. The molecule has 0 radical (unpaired) electrons. The van der Waals surface area contributed by atoms with Crippen molar-refractivity contribution in [1.29, 1.82) is 0 Å². The highest BCUT2D eigenvalue weighted by Crippen LogP contribution is 2.74. The zero-order chi connectivity index (χ0) is 29.3. The molecule has 4 heteroatoms. The number of carbonyl (C=O) groups is 1. The molecular weight excluding hydrogens is 492 g/mol. The van der Waals surface area contributed by atoms with Crippen molar-refractivity contribution < 1.29 is 9.53 Å². The van der Waals surface area contributed by atoms with E-state index in [1.54, 1.807) is 18.2 Å². The second-order valence-corrected chi connectivity index (χ2v) is 16.0. The molecule has 4 aliphatic carbocycles. The van der Waals surface area contributed by atoms with Gasteiger partial charge in [0.15, 0.2) is 0 Å². The van der Waals surface area contributed by atoms with E-state index in [9.17, 15) is 4.79 Å². The molecule has 222 valence electrons. The summed E-state index contributed by atoms with van der Waals surface area (Å²) < 4.78 is 6.26. The molecule has 1 aromatic rings. The zero-order valence-corrected chi connectivity index (χ0v) is 26.6. The van der Waals surface area contributed by atoms with Crippen LogP contribution in [0.4, 0.5) is 11.4 Å². The molecule has 4 nitrogen and oxygen atoms in total. The van der Waals surface area contributed by atoms with Gasteiger partial charge in [-0.25, -0.2) is 4.79 Å². The first-order chi connectivity index (χ1) is 18.6. The molecule has 0 aromatic heterocycles. The van der Waals surface area contributed by atoms with E-state index < -0.39 is 0 Å². The molecule has 5 rings (SSSR count). The molecular formula is C36H56N2O2. The highest BCUT2D eigenvalue weighted by molar-refractivity contribution is 5.91. The minimum absolute atomic E-state index is 0.0712. The van der Waals surface area contributed by atoms with E-state index in [-0.39, 0.29) is 17.5 Å². The van der Waals surface area contributed by atoms with Crippen molar-refractivity contribution in [2.45, 2.75) is 119 Å². The summed E-state index contributed by atoms with van der Waals surface area (Å²) in [6, 6.07) is 5.04. The lowest BCUT2D eigenvalue weighted by Gasteiger charge is -2.67. The van der Waals surface area contributed by atoms with Crippen LogP contribution in [0.3, 0.4) is 0 Å². The summed E-state index contributed by atoms with van der Waals surface area (Å²) in [6.45, 7) is 19.7. The predicted octanol–water partition coefficient (Wildman–Crippen LogP) is 9.05. The third-order valence-corrected chi connectivity index (χ3v) is 13.5. The van der Waals surface area contributed by atoms with Gasteiger partial charge in [0.25, 0.3) is 0 Å². The Hall–Kier alpha value is -1.97. The molecule has 0 amide bonds. The second kappa shape index (κ2) is 10.1. The van der Waals surface area contributed by atoms with Crippen molar-refractivity contribution in [3.63, 3.8) is 0 Å². The molecule has 0 bridgehead atoms. The van der Waals surface area contributed by atoms with E-state index in [0.717, 1.165) is 36.5 Å². The van der Waals surface area contributed by atoms with Crippen LogP contribution in [0.15, 0.2) is 29.8 Å². The van der Waals surface area contributed by atoms with Gasteiger partial charge < -0.3 is 16.2 Å². The molecule has 4 aliphatic rings. The topological polar surface area (TPSA) is 78.3 Å². The van der Waals surface area contributed by atoms with Crippen molar-refractivity contribution in [1.82, 2.24) is 0 Å². The van der Waals surface area contributed by atoms with Gasteiger partial charge in [-0.05, 0) is 136 Å². The number of rotatable bonds is 5. The van der Waals surface area contributed by atoms with E-state index >= 15 is 0 Å². The maximum absolute atomic E-state index is 13.2. The van der Waals surface area contributed by atoms with Gasteiger partial charge in [-0.15, -0.1) is 0 Å². The lowest BCUT2D eigenvalue weighted by Crippen LogP contribution is -2.62. The Morgan fingerprint density at radius 2 is 1.55 bits per heavy atom. The summed E-state index contributed by atoms with van der Waals surface area (Å²) in [5, 5.41) is 0. The number of hydrogen-bond acceptors (Lipinski definition) is 4. The number of fused-ring (bicyclic) bond motifs is 5. The van der Waals surface area contributed by atoms with E-state index in [1.165, 1.54) is 50.5 Å². The Balaban J connectivity index is 1.35. The van der Waals surface area contributed by atoms with E-state index in [2.05, 4.69) is 61.5 Å². The van der Waals surface area contributed by atoms with Crippen molar-refractivity contribution in [3.8, 4) is 0 Å². The van der Waals surface area contributed by atoms with Gasteiger partial charge in [-0.2, -0.15) is 0 Å². The summed E-state index contributed by atoms with van der Waals surface area (Å²) in [4.78, 5) is 13.2. The number of ether oxygens (including phenoxy) is 1. The largest absolute Gasteiger partial charge is 0.458 e. The average molecular weight is 549 g/mol. The molecule has 9 atom stereocenters. The fraction of sp³-hybridized carbons (Fsp3) is 0.750. The minimum Gasteiger partial charge on any atom is -0.458 e. The number of nitrogen functional groups attached to an aromatic ring is 2. The van der Waals surface area contributed by atoms with Crippen LogP contribution in [-0.2, 0) is 4.74 Å². The molecule has 9 unspecified atom stereocenters. The SMILES string of the molecule is CC(C)=CCC(C)C1CCC2(C)C3CCC4C(C)(C)C(OC(=O)c5cc(N)cc(N)c5)CCC4(C)C3CCC12C. The molecule has 1 aromatic carbocycles. The average Bonchev–Trinajstić information content (AvgIpc) is 3.15. The number of carbonyl (C=O) groups excluding carboxylic acids is 1. The Labute approximate surface area is 244 Å². The number of allylic oxidation sites excluding steroid dienone is 2. The summed E-state index contributed by atoms with van der Waals surface area (Å²) in [5.74, 6) is 3.41. The number of anilines is 2. The highest BCUT2D eigenvalue weighted by Gasteiger charge is 2.67. The lowest BCUT2D eigenvalue weighted by atomic mass is 9.38. The standard InChI is InChI=1S/C36H56N2O2/c1-22(2)9-10-23(3)27-13-17-36(8)29-11-12-30-33(4,5)31(40-32(39)24-19-25(37)21-26(38)20-24)15-16-34(30,6)28(29)14-18-35(27,36)7/h9,19-21,23,27-31H,10-18,37-38H2,1-8H3. The van der Waals surface area contributed by atoms with Crippen LogP contribution in [0.2, 0.25) is 0 Å². The predicted molar refractivity (Wildman–Crippen MR) is 167 cm³/mol. The molecule has 0 spiro atoms. The van der Waals surface area contributed by atoms with Gasteiger partial charge in [-0.1, -0.05) is 53.2 Å². The van der Waals surface area contributed by atoms with Crippen LogP contribution >= 0.6 is 0 Å². The van der Waals surface area contributed by atoms with E-state index in [1.807, 2.05) is 0 Å². The molecule has 0 saturated heterocycles. The molecule has 4 N–H and O–H groups in total. The summed E-state index contributed by atoms with van der Waals surface area (Å²) in [6.07, 6.45) is 13.8. The number of hydrogen-bond donors (Lipinski definition) is 2. The number of nitrogens with two attached hydrogens (primary N) is 2. The quantitative estimate of drug-likeness (QED) is 0.218. The highest BCUT2D eigenvalue weighted by atomic mass is 16.5. The van der Waals surface area contributed by atoms with Crippen LogP contribution in [0.25, 0.3) is 0 Å². The molecule has 4 saturated carbocycles. The Morgan fingerprint density at radius 3 is 2.20 bits per heavy atom. The molecule has 4 fully saturated rings. The van der Waals surface area contributed by atoms with Crippen molar-refractivity contribution in [3.05, 3.63) is 35.4 Å². The van der Waals surface area contributed by atoms with Gasteiger partial charge in [0.05, 0.1) is 5.56 Å². The van der Waals surface area contributed by atoms with Gasteiger partial charge >= 0.3 is 5.97 Å². The van der Waals surface area contributed by atoms with Gasteiger partial charge in [0.1, 0.15) is 6.10 Å². The van der Waals surface area contributed by atoms with Crippen LogP contribution in [0, 0.1) is 51.2 Å². The maximum Gasteiger partial charge on any atom is 0.338 e. The third-order valence-electron chi connectivity index (χ3n) is 13.5. The lowest BCUT2D eigenvalue weighted by molar-refractivity contribution is -0.200. The molecule has 0 heterocycles. The smallest absolute Gasteiger partial charge is 0.338 e. The van der Waals surface area contributed by atoms with Gasteiger partial charge in [-0.3, -0.25) is 0 Å². The van der Waals surface area contributed by atoms with Crippen LogP contribution < -0.4 is 11.5 Å². The fourth-order valence-electron chi connectivity index (χ4n) is 11.2. The first kappa shape index (κ1) is 29.5. The number of benzene rings is 1. The Bertz CT molecular complexity index is 1150. The fourth-order valence-corrected chi connectivity index (χ4v) is 11.2. The van der Waals surface area contributed by atoms with Crippen LogP contribution in [0.5, 0.6) is 0 Å². The van der Waals surface area contributed by atoms with Crippen LogP contribution in [-0.4, -0.2) is 12.1 Å². The summed E-state index contributed by atoms with van der Waals surface area (Å²) >= 11 is 0. The molecule has 0 aliphatic heterocycles. The number of esters is 1. The second-order valence-electron chi connectivity index (χ2n) is 16.0.